The van der Waals surface area contributed by atoms with E-state index in [4.69, 9.17) is 4.74 Å². The Balaban J connectivity index is 2.03. The lowest BCUT2D eigenvalue weighted by atomic mass is 10.1. The molecule has 0 aliphatic carbocycles. The number of hydrogen-bond acceptors (Lipinski definition) is 4. The maximum atomic E-state index is 12.2. The average Bonchev–Trinajstić information content (AvgIpc) is 2.46. The van der Waals surface area contributed by atoms with Gasteiger partial charge < -0.3 is 9.64 Å². The van der Waals surface area contributed by atoms with Gasteiger partial charge in [-0.3, -0.25) is 9.69 Å². The number of carbonyl (C=O) groups is 2. The molecule has 1 aromatic carbocycles. The number of carbonyl (C=O) groups excluding carboxylic acids is 2. The zero-order chi connectivity index (χ0) is 17.0. The minimum absolute atomic E-state index is 0.0780. The fraction of sp³-hybridized carbons (Fsp3) is 0.556. The Hall–Kier alpha value is -1.88. The van der Waals surface area contributed by atoms with Gasteiger partial charge in [-0.1, -0.05) is 30.3 Å². The number of benzene rings is 1. The number of nitrogens with zero attached hydrogens (tertiary/aromatic N) is 2. The van der Waals surface area contributed by atoms with Gasteiger partial charge in [-0.05, 0) is 33.3 Å². The number of amides is 1. The van der Waals surface area contributed by atoms with Crippen LogP contribution in [0.3, 0.4) is 0 Å². The summed E-state index contributed by atoms with van der Waals surface area (Å²) in [5.74, 6) is 0.0780. The molecule has 1 aliphatic heterocycles. The summed E-state index contributed by atoms with van der Waals surface area (Å²) in [5.41, 5.74) is 0.647. The average molecular weight is 318 g/mol. The molecule has 0 N–H and O–H groups in total. The topological polar surface area (TPSA) is 49.9 Å². The predicted octanol–water partition coefficient (Wildman–Crippen LogP) is 2.70. The fourth-order valence-corrected chi connectivity index (χ4v) is 2.71. The van der Waals surface area contributed by atoms with Crippen LogP contribution in [0.15, 0.2) is 30.3 Å². The Kier molecular flexibility index (Phi) is 5.42. The van der Waals surface area contributed by atoms with Crippen molar-refractivity contribution in [2.45, 2.75) is 45.9 Å². The van der Waals surface area contributed by atoms with Gasteiger partial charge >= 0.3 is 6.09 Å². The highest BCUT2D eigenvalue weighted by Crippen LogP contribution is 2.17. The molecule has 2 rings (SSSR count). The van der Waals surface area contributed by atoms with Crippen molar-refractivity contribution in [1.29, 1.82) is 0 Å². The molecule has 0 spiro atoms. The molecule has 1 saturated heterocycles. The van der Waals surface area contributed by atoms with Crippen LogP contribution in [0.2, 0.25) is 0 Å². The summed E-state index contributed by atoms with van der Waals surface area (Å²) in [5, 5.41) is 0. The zero-order valence-corrected chi connectivity index (χ0v) is 14.4. The number of ketones is 1. The van der Waals surface area contributed by atoms with E-state index < -0.39 is 5.60 Å². The van der Waals surface area contributed by atoms with Crippen molar-refractivity contribution in [1.82, 2.24) is 9.80 Å². The van der Waals surface area contributed by atoms with Gasteiger partial charge in [-0.2, -0.15) is 0 Å². The Morgan fingerprint density at radius 2 is 1.83 bits per heavy atom. The van der Waals surface area contributed by atoms with Crippen molar-refractivity contribution in [2.75, 3.05) is 19.6 Å². The van der Waals surface area contributed by atoms with Gasteiger partial charge in [0.1, 0.15) is 11.4 Å². The van der Waals surface area contributed by atoms with E-state index in [-0.39, 0.29) is 17.9 Å². The van der Waals surface area contributed by atoms with Crippen molar-refractivity contribution in [3.05, 3.63) is 35.9 Å². The summed E-state index contributed by atoms with van der Waals surface area (Å²) < 4.78 is 5.42. The molecule has 23 heavy (non-hydrogen) atoms. The smallest absolute Gasteiger partial charge is 0.410 e. The monoisotopic (exact) mass is 318 g/mol. The minimum Gasteiger partial charge on any atom is -0.444 e. The van der Waals surface area contributed by atoms with Crippen molar-refractivity contribution >= 4 is 11.9 Å². The Labute approximate surface area is 138 Å². The van der Waals surface area contributed by atoms with E-state index in [9.17, 15) is 9.59 Å². The van der Waals surface area contributed by atoms with E-state index >= 15 is 0 Å². The van der Waals surface area contributed by atoms with Crippen LogP contribution < -0.4 is 0 Å². The molecular weight excluding hydrogens is 292 g/mol. The highest BCUT2D eigenvalue weighted by atomic mass is 16.6. The molecule has 126 valence electrons. The van der Waals surface area contributed by atoms with Gasteiger partial charge in [0, 0.05) is 26.2 Å². The molecule has 1 heterocycles. The first kappa shape index (κ1) is 17.5. The number of ether oxygens (including phenoxy) is 1. The summed E-state index contributed by atoms with van der Waals surface area (Å²) >= 11 is 0. The van der Waals surface area contributed by atoms with Crippen molar-refractivity contribution in [2.24, 2.45) is 0 Å². The highest BCUT2D eigenvalue weighted by molar-refractivity contribution is 5.82. The Morgan fingerprint density at radius 3 is 2.39 bits per heavy atom. The zero-order valence-electron chi connectivity index (χ0n) is 14.4. The van der Waals surface area contributed by atoms with Crippen LogP contribution in [0, 0.1) is 0 Å². The number of hydrogen-bond donors (Lipinski definition) is 0. The summed E-state index contributed by atoms with van der Waals surface area (Å²) in [6.45, 7) is 9.46. The third kappa shape index (κ3) is 5.06. The van der Waals surface area contributed by atoms with E-state index in [1.165, 1.54) is 5.56 Å². The van der Waals surface area contributed by atoms with Gasteiger partial charge in [0.25, 0.3) is 0 Å². The summed E-state index contributed by atoms with van der Waals surface area (Å²) in [7, 11) is 0. The Bertz CT molecular complexity index is 551. The molecule has 1 aromatic rings. The molecule has 1 aliphatic rings. The quantitative estimate of drug-likeness (QED) is 0.860. The standard InChI is InChI=1S/C18H26N2O3/c1-14(21)16-13-20(17(22)23-18(2,3)4)11-10-19(16)12-15-8-6-5-7-9-15/h5-9,16H,10-13H2,1-4H3. The van der Waals surface area contributed by atoms with Crippen LogP contribution >= 0.6 is 0 Å². The molecule has 1 unspecified atom stereocenters. The van der Waals surface area contributed by atoms with Crippen LogP contribution in [0.25, 0.3) is 0 Å². The lowest BCUT2D eigenvalue weighted by Gasteiger charge is -2.40. The maximum absolute atomic E-state index is 12.2. The van der Waals surface area contributed by atoms with Crippen LogP contribution in [-0.2, 0) is 16.1 Å². The lowest BCUT2D eigenvalue weighted by molar-refractivity contribution is -0.124. The molecule has 0 aromatic heterocycles. The second-order valence-electron chi connectivity index (χ2n) is 7.01. The normalized spacial score (nSPS) is 19.5. The molecule has 1 fully saturated rings. The lowest BCUT2D eigenvalue weighted by Crippen LogP contribution is -2.57. The van der Waals surface area contributed by atoms with Gasteiger partial charge in [0.05, 0.1) is 6.04 Å². The highest BCUT2D eigenvalue weighted by Gasteiger charge is 2.34. The second kappa shape index (κ2) is 7.13. The van der Waals surface area contributed by atoms with Crippen LogP contribution in [0.1, 0.15) is 33.3 Å². The van der Waals surface area contributed by atoms with Crippen molar-refractivity contribution < 1.29 is 14.3 Å². The predicted molar refractivity (Wildman–Crippen MR) is 89.1 cm³/mol. The molecule has 5 heteroatoms. The largest absolute Gasteiger partial charge is 0.444 e. The molecule has 1 amide bonds. The van der Waals surface area contributed by atoms with E-state index in [0.29, 0.717) is 26.2 Å². The van der Waals surface area contributed by atoms with E-state index in [1.54, 1.807) is 11.8 Å². The molecule has 5 nitrogen and oxygen atoms in total. The molecule has 0 radical (unpaired) electrons. The first-order valence-corrected chi connectivity index (χ1v) is 8.02. The van der Waals surface area contributed by atoms with Crippen molar-refractivity contribution in [3.8, 4) is 0 Å². The Morgan fingerprint density at radius 1 is 1.17 bits per heavy atom. The second-order valence-corrected chi connectivity index (χ2v) is 7.01. The van der Waals surface area contributed by atoms with E-state index in [1.807, 2.05) is 39.0 Å². The fourth-order valence-electron chi connectivity index (χ4n) is 2.71. The molecule has 0 saturated carbocycles. The summed E-state index contributed by atoms with van der Waals surface area (Å²) in [4.78, 5) is 28.0. The van der Waals surface area contributed by atoms with Gasteiger partial charge in [0.2, 0.25) is 0 Å². The number of rotatable bonds is 3. The first-order chi connectivity index (χ1) is 10.8. The van der Waals surface area contributed by atoms with Crippen molar-refractivity contribution in [3.63, 3.8) is 0 Å². The third-order valence-electron chi connectivity index (χ3n) is 3.84. The van der Waals surface area contributed by atoms with E-state index in [2.05, 4.69) is 17.0 Å². The maximum Gasteiger partial charge on any atom is 0.410 e. The van der Waals surface area contributed by atoms with Gasteiger partial charge in [-0.25, -0.2) is 4.79 Å². The number of Topliss-reactive ketones (excluding diaryl/α,β-unsaturated/α-hetero) is 1. The third-order valence-corrected chi connectivity index (χ3v) is 3.84. The molecular formula is C18H26N2O3. The SMILES string of the molecule is CC(=O)C1CN(C(=O)OC(C)(C)C)CCN1Cc1ccccc1. The number of piperazine rings is 1. The molecule has 0 bridgehead atoms. The van der Waals surface area contributed by atoms with Crippen LogP contribution in [-0.4, -0.2) is 53.0 Å². The first-order valence-electron chi connectivity index (χ1n) is 8.02. The van der Waals surface area contributed by atoms with Gasteiger partial charge in [-0.15, -0.1) is 0 Å². The molecule has 1 atom stereocenters. The van der Waals surface area contributed by atoms with Crippen LogP contribution in [0.5, 0.6) is 0 Å². The van der Waals surface area contributed by atoms with E-state index in [0.717, 1.165) is 0 Å². The van der Waals surface area contributed by atoms with Crippen LogP contribution in [0.4, 0.5) is 4.79 Å². The summed E-state index contributed by atoms with van der Waals surface area (Å²) in [6, 6.07) is 9.79. The minimum atomic E-state index is -0.524. The van der Waals surface area contributed by atoms with Gasteiger partial charge in [0.15, 0.2) is 0 Å². The summed E-state index contributed by atoms with van der Waals surface area (Å²) in [6.07, 6.45) is -0.344.